The Morgan fingerprint density at radius 1 is 1.37 bits per heavy atom. The number of hydrogen-bond acceptors (Lipinski definition) is 5. The Labute approximate surface area is 116 Å². The van der Waals surface area contributed by atoms with Crippen LogP contribution in [0.25, 0.3) is 0 Å². The highest BCUT2D eigenvalue weighted by atomic mass is 32.1. The summed E-state index contributed by atoms with van der Waals surface area (Å²) < 4.78 is 3.97. The number of amides is 2. The second-order valence-electron chi connectivity index (χ2n) is 4.31. The minimum absolute atomic E-state index is 0.0615. The van der Waals surface area contributed by atoms with Crippen molar-refractivity contribution >= 4 is 29.0 Å². The molecule has 1 rings (SSSR count). The molecule has 0 saturated carbocycles. The first-order chi connectivity index (χ1) is 9.01. The second kappa shape index (κ2) is 7.08. The van der Waals surface area contributed by atoms with Gasteiger partial charge in [0.15, 0.2) is 5.69 Å². The highest BCUT2D eigenvalue weighted by molar-refractivity contribution is 7.09. The predicted octanol–water partition coefficient (Wildman–Crippen LogP) is 1.39. The van der Waals surface area contributed by atoms with Crippen LogP contribution in [0.1, 0.15) is 53.8 Å². The Kier molecular flexibility index (Phi) is 5.75. The van der Waals surface area contributed by atoms with Gasteiger partial charge >= 0.3 is 0 Å². The van der Waals surface area contributed by atoms with E-state index < -0.39 is 0 Å². The van der Waals surface area contributed by atoms with Crippen LogP contribution in [0.5, 0.6) is 0 Å². The van der Waals surface area contributed by atoms with Gasteiger partial charge in [-0.2, -0.15) is 4.37 Å². The van der Waals surface area contributed by atoms with Gasteiger partial charge in [0.05, 0.1) is 5.69 Å². The summed E-state index contributed by atoms with van der Waals surface area (Å²) in [6.45, 7) is 6.40. The molecule has 0 bridgehead atoms. The molecule has 0 fully saturated rings. The summed E-state index contributed by atoms with van der Waals surface area (Å²) in [6.07, 6.45) is 1.66. The van der Waals surface area contributed by atoms with Crippen LogP contribution in [-0.4, -0.2) is 28.8 Å². The van der Waals surface area contributed by atoms with Crippen molar-refractivity contribution < 1.29 is 9.59 Å². The summed E-state index contributed by atoms with van der Waals surface area (Å²) >= 11 is 0.951. The van der Waals surface area contributed by atoms with Crippen molar-refractivity contribution in [1.82, 2.24) is 15.0 Å². The van der Waals surface area contributed by atoms with Gasteiger partial charge < -0.3 is 16.4 Å². The Hall–Kier alpha value is -1.63. The van der Waals surface area contributed by atoms with Crippen LogP contribution in [0, 0.1) is 0 Å². The van der Waals surface area contributed by atoms with Gasteiger partial charge in [0.1, 0.15) is 4.88 Å². The molecule has 2 amide bonds. The van der Waals surface area contributed by atoms with E-state index in [0.717, 1.165) is 24.4 Å². The second-order valence-corrected chi connectivity index (χ2v) is 5.09. The number of carbonyl (C=O) groups excluding carboxylic acids is 2. The third-order valence-corrected chi connectivity index (χ3v) is 3.54. The fourth-order valence-corrected chi connectivity index (χ4v) is 2.04. The Morgan fingerprint density at radius 2 is 2.05 bits per heavy atom. The van der Waals surface area contributed by atoms with E-state index in [9.17, 15) is 9.59 Å². The highest BCUT2D eigenvalue weighted by Crippen LogP contribution is 2.21. The smallest absolute Gasteiger partial charge is 0.273 e. The van der Waals surface area contributed by atoms with Gasteiger partial charge in [-0.1, -0.05) is 13.8 Å². The average Bonchev–Trinajstić information content (AvgIpc) is 2.77. The molecule has 1 aromatic heterocycles. The molecular weight excluding hydrogens is 264 g/mol. The van der Waals surface area contributed by atoms with Gasteiger partial charge in [-0.05, 0) is 31.3 Å². The summed E-state index contributed by atoms with van der Waals surface area (Å²) in [7, 11) is 0. The van der Waals surface area contributed by atoms with Gasteiger partial charge in [0, 0.05) is 12.6 Å². The molecule has 4 N–H and O–H groups in total. The fourth-order valence-electron chi connectivity index (χ4n) is 1.34. The molecule has 6 nitrogen and oxygen atoms in total. The fraction of sp³-hybridized carbons (Fsp3) is 0.583. The maximum atomic E-state index is 11.9. The van der Waals surface area contributed by atoms with Crippen molar-refractivity contribution in [3.8, 4) is 0 Å². The van der Waals surface area contributed by atoms with Crippen LogP contribution in [-0.2, 0) is 0 Å². The molecule has 1 aromatic rings. The van der Waals surface area contributed by atoms with E-state index in [0.29, 0.717) is 11.4 Å². The lowest BCUT2D eigenvalue weighted by atomic mass is 10.2. The first-order valence-corrected chi connectivity index (χ1v) is 7.12. The van der Waals surface area contributed by atoms with Crippen LogP contribution in [0.3, 0.4) is 0 Å². The monoisotopic (exact) mass is 284 g/mol. The summed E-state index contributed by atoms with van der Waals surface area (Å²) in [5.41, 5.74) is 6.10. The average molecular weight is 284 g/mol. The lowest BCUT2D eigenvalue weighted by Crippen LogP contribution is -2.32. The van der Waals surface area contributed by atoms with Crippen molar-refractivity contribution in [2.24, 2.45) is 0 Å². The molecule has 0 aromatic carbocycles. The Bertz CT molecular complexity index is 459. The first-order valence-electron chi connectivity index (χ1n) is 6.35. The minimum Gasteiger partial charge on any atom is -0.395 e. The molecule has 1 unspecified atom stereocenters. The predicted molar refractivity (Wildman–Crippen MR) is 76.4 cm³/mol. The van der Waals surface area contributed by atoms with Crippen LogP contribution in [0.15, 0.2) is 0 Å². The van der Waals surface area contributed by atoms with Gasteiger partial charge in [-0.15, -0.1) is 0 Å². The molecule has 1 heterocycles. The lowest BCUT2D eigenvalue weighted by Gasteiger charge is -2.10. The van der Waals surface area contributed by atoms with Crippen LogP contribution in [0.4, 0.5) is 5.69 Å². The summed E-state index contributed by atoms with van der Waals surface area (Å²) in [6, 6.07) is 0.0615. The van der Waals surface area contributed by atoms with Crippen molar-refractivity contribution in [2.45, 2.75) is 39.7 Å². The number of anilines is 1. The maximum Gasteiger partial charge on any atom is 0.273 e. The highest BCUT2D eigenvalue weighted by Gasteiger charge is 2.22. The van der Waals surface area contributed by atoms with Gasteiger partial charge in [-0.25, -0.2) is 0 Å². The number of nitrogens with zero attached hydrogens (tertiary/aromatic N) is 1. The third kappa shape index (κ3) is 3.92. The van der Waals surface area contributed by atoms with Gasteiger partial charge in [0.2, 0.25) is 0 Å². The van der Waals surface area contributed by atoms with E-state index in [-0.39, 0.29) is 29.2 Å². The topological polar surface area (TPSA) is 97.1 Å². The maximum absolute atomic E-state index is 11.9. The molecule has 1 atom stereocenters. The molecule has 19 heavy (non-hydrogen) atoms. The summed E-state index contributed by atoms with van der Waals surface area (Å²) in [5.74, 6) is -0.614. The van der Waals surface area contributed by atoms with Crippen molar-refractivity contribution in [3.63, 3.8) is 0 Å². The molecule has 0 saturated heterocycles. The van der Waals surface area contributed by atoms with E-state index in [1.807, 2.05) is 20.8 Å². The molecule has 0 aliphatic rings. The number of nitrogen functional groups attached to an aromatic ring is 1. The summed E-state index contributed by atoms with van der Waals surface area (Å²) in [4.78, 5) is 24.0. The van der Waals surface area contributed by atoms with E-state index in [1.165, 1.54) is 0 Å². The zero-order valence-electron chi connectivity index (χ0n) is 11.4. The van der Waals surface area contributed by atoms with Crippen molar-refractivity contribution in [3.05, 3.63) is 10.6 Å². The van der Waals surface area contributed by atoms with E-state index in [1.54, 1.807) is 0 Å². The zero-order chi connectivity index (χ0) is 14.4. The molecule has 0 aliphatic carbocycles. The largest absolute Gasteiger partial charge is 0.395 e. The van der Waals surface area contributed by atoms with E-state index in [4.69, 9.17) is 5.73 Å². The quantitative estimate of drug-likeness (QED) is 0.735. The molecular formula is C12H20N4O2S. The first kappa shape index (κ1) is 15.4. The SMILES string of the molecule is CCCNC(=O)c1nsc(C(=O)NC(C)CC)c1N. The molecule has 0 spiro atoms. The van der Waals surface area contributed by atoms with Crippen LogP contribution in [0.2, 0.25) is 0 Å². The molecule has 0 radical (unpaired) electrons. The Balaban J connectivity index is 2.80. The number of rotatable bonds is 6. The van der Waals surface area contributed by atoms with E-state index in [2.05, 4.69) is 15.0 Å². The number of nitrogens with two attached hydrogens (primary N) is 1. The standard InChI is InChI=1S/C12H20N4O2S/c1-4-6-14-11(17)9-8(13)10(19-16-9)12(18)15-7(3)5-2/h7H,4-6,13H2,1-3H3,(H,14,17)(H,15,18). The van der Waals surface area contributed by atoms with Crippen LogP contribution >= 0.6 is 11.5 Å². The number of carbonyl (C=O) groups is 2. The van der Waals surface area contributed by atoms with E-state index >= 15 is 0 Å². The number of hydrogen-bond donors (Lipinski definition) is 3. The van der Waals surface area contributed by atoms with Crippen molar-refractivity contribution in [1.29, 1.82) is 0 Å². The lowest BCUT2D eigenvalue weighted by molar-refractivity contribution is 0.0942. The normalized spacial score (nSPS) is 11.9. The molecule has 106 valence electrons. The van der Waals surface area contributed by atoms with Gasteiger partial charge in [0.25, 0.3) is 11.8 Å². The zero-order valence-corrected chi connectivity index (χ0v) is 12.3. The van der Waals surface area contributed by atoms with Gasteiger partial charge in [-0.3, -0.25) is 9.59 Å². The number of aromatic nitrogens is 1. The van der Waals surface area contributed by atoms with Crippen LogP contribution < -0.4 is 16.4 Å². The number of nitrogens with one attached hydrogen (secondary N) is 2. The Morgan fingerprint density at radius 3 is 2.63 bits per heavy atom. The molecule has 0 aliphatic heterocycles. The molecule has 7 heteroatoms. The van der Waals surface area contributed by atoms with Crippen molar-refractivity contribution in [2.75, 3.05) is 12.3 Å². The third-order valence-electron chi connectivity index (χ3n) is 2.67. The minimum atomic E-state index is -0.335. The summed E-state index contributed by atoms with van der Waals surface area (Å²) in [5, 5.41) is 5.49.